The molecule has 1 heterocycles. The molecule has 3 fully saturated rings. The Morgan fingerprint density at radius 2 is 1.67 bits per heavy atom. The molecule has 2 aliphatic carbocycles. The Morgan fingerprint density at radius 3 is 2.21 bits per heavy atom. The molecule has 1 saturated heterocycles. The molecule has 2 bridgehead atoms. The Balaban J connectivity index is 1.34. The van der Waals surface area contributed by atoms with Crippen molar-refractivity contribution in [3.63, 3.8) is 0 Å². The maximum absolute atomic E-state index is 12.8. The smallest absolute Gasteiger partial charge is 0.226 e. The normalized spacial score (nSPS) is 29.1. The second kappa shape index (κ2) is 6.23. The van der Waals surface area contributed by atoms with Gasteiger partial charge in [0.25, 0.3) is 0 Å². The van der Waals surface area contributed by atoms with Crippen LogP contribution in [0.1, 0.15) is 43.0 Å². The second-order valence-corrected chi connectivity index (χ2v) is 7.70. The molecule has 3 aliphatic rings. The van der Waals surface area contributed by atoms with Crippen molar-refractivity contribution < 1.29 is 9.59 Å². The van der Waals surface area contributed by atoms with Gasteiger partial charge in [-0.15, -0.1) is 0 Å². The summed E-state index contributed by atoms with van der Waals surface area (Å²) in [4.78, 5) is 28.6. The third kappa shape index (κ3) is 2.83. The Bertz CT molecular complexity index is 632. The van der Waals surface area contributed by atoms with Gasteiger partial charge in [0.15, 0.2) is 5.78 Å². The topological polar surface area (TPSA) is 40.6 Å². The minimum absolute atomic E-state index is 0.0998. The predicted molar refractivity (Wildman–Crippen MR) is 94.2 cm³/mol. The van der Waals surface area contributed by atoms with Gasteiger partial charge in [-0.25, -0.2) is 0 Å². The zero-order chi connectivity index (χ0) is 16.7. The maximum atomic E-state index is 12.8. The first-order valence-electron chi connectivity index (χ1n) is 9.26. The minimum atomic E-state index is 0.0998. The van der Waals surface area contributed by atoms with E-state index in [4.69, 9.17) is 0 Å². The van der Waals surface area contributed by atoms with E-state index in [1.807, 2.05) is 24.3 Å². The van der Waals surface area contributed by atoms with Crippen molar-refractivity contribution >= 4 is 17.4 Å². The number of amides is 1. The molecule has 0 radical (unpaired) electrons. The summed E-state index contributed by atoms with van der Waals surface area (Å²) in [5, 5.41) is 0. The monoisotopic (exact) mass is 326 g/mol. The number of Topliss-reactive ketones (excluding diaryl/α,β-unsaturated/α-hetero) is 1. The summed E-state index contributed by atoms with van der Waals surface area (Å²) in [7, 11) is 0. The van der Waals surface area contributed by atoms with Crippen LogP contribution in [-0.2, 0) is 4.79 Å². The van der Waals surface area contributed by atoms with Gasteiger partial charge in [0, 0.05) is 43.3 Å². The van der Waals surface area contributed by atoms with Crippen LogP contribution in [-0.4, -0.2) is 42.8 Å². The number of benzene rings is 1. The molecule has 0 N–H and O–H groups in total. The number of carbonyl (C=O) groups is 2. The van der Waals surface area contributed by atoms with Gasteiger partial charge in [0.05, 0.1) is 0 Å². The van der Waals surface area contributed by atoms with E-state index in [0.717, 1.165) is 49.8 Å². The summed E-state index contributed by atoms with van der Waals surface area (Å²) >= 11 is 0. The first kappa shape index (κ1) is 15.7. The fraction of sp³-hybridized carbons (Fsp3) is 0.600. The summed E-state index contributed by atoms with van der Waals surface area (Å²) in [5.41, 5.74) is 1.90. The number of fused-ring (bicyclic) bond motifs is 2. The molecule has 1 aromatic rings. The molecule has 1 amide bonds. The molecule has 3 unspecified atom stereocenters. The van der Waals surface area contributed by atoms with Crippen LogP contribution in [0, 0.1) is 17.8 Å². The molecule has 0 aromatic heterocycles. The fourth-order valence-corrected chi connectivity index (χ4v) is 4.87. The number of hydrogen-bond donors (Lipinski definition) is 0. The van der Waals surface area contributed by atoms with Crippen LogP contribution < -0.4 is 4.90 Å². The minimum Gasteiger partial charge on any atom is -0.368 e. The van der Waals surface area contributed by atoms with Crippen LogP contribution in [0.4, 0.5) is 5.69 Å². The van der Waals surface area contributed by atoms with Crippen LogP contribution in [0.3, 0.4) is 0 Å². The van der Waals surface area contributed by atoms with Gasteiger partial charge in [0.2, 0.25) is 5.91 Å². The fourth-order valence-electron chi connectivity index (χ4n) is 4.87. The van der Waals surface area contributed by atoms with Crippen LogP contribution >= 0.6 is 0 Å². The Morgan fingerprint density at radius 1 is 0.958 bits per heavy atom. The molecule has 4 rings (SSSR count). The molecule has 3 atom stereocenters. The Hall–Kier alpha value is -1.84. The number of ketones is 1. The van der Waals surface area contributed by atoms with Crippen molar-refractivity contribution in [2.45, 2.75) is 32.6 Å². The summed E-state index contributed by atoms with van der Waals surface area (Å²) in [6.45, 7) is 5.00. The summed E-state index contributed by atoms with van der Waals surface area (Å²) in [6, 6.07) is 7.82. The van der Waals surface area contributed by atoms with E-state index in [0.29, 0.717) is 17.7 Å². The highest BCUT2D eigenvalue weighted by Gasteiger charge is 2.44. The van der Waals surface area contributed by atoms with Gasteiger partial charge in [-0.05, 0) is 62.3 Å². The van der Waals surface area contributed by atoms with Gasteiger partial charge in [-0.1, -0.05) is 6.42 Å². The lowest BCUT2D eigenvalue weighted by Crippen LogP contribution is -2.51. The maximum Gasteiger partial charge on any atom is 0.226 e. The molecule has 0 spiro atoms. The summed E-state index contributed by atoms with van der Waals surface area (Å²) < 4.78 is 0. The highest BCUT2D eigenvalue weighted by atomic mass is 16.2. The zero-order valence-corrected chi connectivity index (χ0v) is 14.4. The molecule has 2 saturated carbocycles. The van der Waals surface area contributed by atoms with Gasteiger partial charge in [-0.2, -0.15) is 0 Å². The lowest BCUT2D eigenvalue weighted by Gasteiger charge is -2.38. The molecule has 24 heavy (non-hydrogen) atoms. The molecule has 1 aromatic carbocycles. The van der Waals surface area contributed by atoms with Gasteiger partial charge < -0.3 is 9.80 Å². The molecular formula is C20H26N2O2. The van der Waals surface area contributed by atoms with Crippen molar-refractivity contribution in [2.24, 2.45) is 17.8 Å². The van der Waals surface area contributed by atoms with Gasteiger partial charge in [0.1, 0.15) is 0 Å². The van der Waals surface area contributed by atoms with Crippen LogP contribution in [0.15, 0.2) is 24.3 Å². The second-order valence-electron chi connectivity index (χ2n) is 7.70. The third-order valence-corrected chi connectivity index (χ3v) is 6.29. The first-order valence-corrected chi connectivity index (χ1v) is 9.26. The lowest BCUT2D eigenvalue weighted by atomic mass is 9.87. The number of carbonyl (C=O) groups excluding carboxylic acids is 2. The number of anilines is 1. The van der Waals surface area contributed by atoms with E-state index in [1.54, 1.807) is 6.92 Å². The van der Waals surface area contributed by atoms with Crippen LogP contribution in [0.2, 0.25) is 0 Å². The Kier molecular flexibility index (Phi) is 4.07. The summed E-state index contributed by atoms with van der Waals surface area (Å²) in [6.07, 6.45) is 5.04. The van der Waals surface area contributed by atoms with Crippen molar-refractivity contribution in [3.05, 3.63) is 29.8 Å². The lowest BCUT2D eigenvalue weighted by molar-refractivity contribution is -0.137. The van der Waals surface area contributed by atoms with E-state index < -0.39 is 0 Å². The third-order valence-electron chi connectivity index (χ3n) is 6.29. The largest absolute Gasteiger partial charge is 0.368 e. The van der Waals surface area contributed by atoms with E-state index in [2.05, 4.69) is 9.80 Å². The van der Waals surface area contributed by atoms with Crippen molar-refractivity contribution in [1.29, 1.82) is 0 Å². The SMILES string of the molecule is CC(=O)c1ccc(N2CCN(C(=O)C3CC4CCC3C4)CC2)cc1. The Labute approximate surface area is 143 Å². The number of rotatable bonds is 3. The van der Waals surface area contributed by atoms with Crippen LogP contribution in [0.5, 0.6) is 0 Å². The predicted octanol–water partition coefficient (Wildman–Crippen LogP) is 2.97. The zero-order valence-electron chi connectivity index (χ0n) is 14.4. The van der Waals surface area contributed by atoms with Crippen molar-refractivity contribution in [3.8, 4) is 0 Å². The molecule has 4 nitrogen and oxygen atoms in total. The van der Waals surface area contributed by atoms with E-state index in [-0.39, 0.29) is 5.78 Å². The van der Waals surface area contributed by atoms with E-state index in [1.165, 1.54) is 19.3 Å². The average molecular weight is 326 g/mol. The average Bonchev–Trinajstić information content (AvgIpc) is 3.25. The van der Waals surface area contributed by atoms with Gasteiger partial charge >= 0.3 is 0 Å². The van der Waals surface area contributed by atoms with Gasteiger partial charge in [-0.3, -0.25) is 9.59 Å². The standard InChI is InChI=1S/C20H26N2O2/c1-14(23)16-4-6-18(7-5-16)21-8-10-22(11-9-21)20(24)19-13-15-2-3-17(19)12-15/h4-7,15,17,19H,2-3,8-13H2,1H3. The molecule has 4 heteroatoms. The van der Waals surface area contributed by atoms with Crippen LogP contribution in [0.25, 0.3) is 0 Å². The van der Waals surface area contributed by atoms with E-state index >= 15 is 0 Å². The number of piperazine rings is 1. The van der Waals surface area contributed by atoms with Crippen molar-refractivity contribution in [1.82, 2.24) is 4.90 Å². The quantitative estimate of drug-likeness (QED) is 0.802. The molecule has 1 aliphatic heterocycles. The highest BCUT2D eigenvalue weighted by molar-refractivity contribution is 5.94. The molecule has 128 valence electrons. The first-order chi connectivity index (χ1) is 11.6. The number of nitrogens with zero attached hydrogens (tertiary/aromatic N) is 2. The highest BCUT2D eigenvalue weighted by Crippen LogP contribution is 2.48. The van der Waals surface area contributed by atoms with E-state index in [9.17, 15) is 9.59 Å². The van der Waals surface area contributed by atoms with Crippen molar-refractivity contribution in [2.75, 3.05) is 31.1 Å². The summed E-state index contributed by atoms with van der Waals surface area (Å²) in [5.74, 6) is 2.31. The number of hydrogen-bond acceptors (Lipinski definition) is 3. The molecular weight excluding hydrogens is 300 g/mol.